The zero-order valence-electron chi connectivity index (χ0n) is 11.2. The molecular formula is C14H16N2O2S. The second-order valence-electron chi connectivity index (χ2n) is 4.24. The van der Waals surface area contributed by atoms with Gasteiger partial charge in [-0.1, -0.05) is 11.6 Å². The highest BCUT2D eigenvalue weighted by Gasteiger charge is 2.12. The number of aromatic nitrogens is 1. The van der Waals surface area contributed by atoms with Crippen LogP contribution in [0.5, 0.6) is 0 Å². The number of aryl methyl sites for hydroxylation is 2. The van der Waals surface area contributed by atoms with Crippen LogP contribution in [-0.2, 0) is 11.3 Å². The Balaban J connectivity index is 2.17. The van der Waals surface area contributed by atoms with Crippen LogP contribution in [0.4, 0.5) is 5.69 Å². The quantitative estimate of drug-likeness (QED) is 0.872. The van der Waals surface area contributed by atoms with Crippen molar-refractivity contribution in [2.24, 2.45) is 0 Å². The van der Waals surface area contributed by atoms with E-state index in [1.54, 1.807) is 11.3 Å². The monoisotopic (exact) mass is 276 g/mol. The molecule has 0 fully saturated rings. The van der Waals surface area contributed by atoms with E-state index in [1.165, 1.54) is 7.11 Å². The van der Waals surface area contributed by atoms with Crippen LogP contribution in [0.3, 0.4) is 0 Å². The molecule has 0 aliphatic heterocycles. The maximum absolute atomic E-state index is 11.7. The first-order valence-electron chi connectivity index (χ1n) is 5.94. The van der Waals surface area contributed by atoms with Crippen molar-refractivity contribution in [1.29, 1.82) is 0 Å². The molecule has 0 spiro atoms. The largest absolute Gasteiger partial charge is 0.465 e. The fourth-order valence-electron chi connectivity index (χ4n) is 1.76. The van der Waals surface area contributed by atoms with E-state index < -0.39 is 0 Å². The molecule has 5 heteroatoms. The van der Waals surface area contributed by atoms with Crippen molar-refractivity contribution < 1.29 is 9.53 Å². The normalized spacial score (nSPS) is 10.3. The lowest BCUT2D eigenvalue weighted by Crippen LogP contribution is -2.08. The average molecular weight is 276 g/mol. The average Bonchev–Trinajstić information content (AvgIpc) is 2.82. The number of hydrogen-bond acceptors (Lipinski definition) is 5. The highest BCUT2D eigenvalue weighted by atomic mass is 32.1. The van der Waals surface area contributed by atoms with Crippen LogP contribution in [0.15, 0.2) is 24.4 Å². The van der Waals surface area contributed by atoms with E-state index in [1.807, 2.05) is 38.2 Å². The molecule has 0 atom stereocenters. The van der Waals surface area contributed by atoms with E-state index in [0.29, 0.717) is 12.1 Å². The summed E-state index contributed by atoms with van der Waals surface area (Å²) in [7, 11) is 1.39. The maximum Gasteiger partial charge on any atom is 0.339 e. The van der Waals surface area contributed by atoms with Crippen molar-refractivity contribution in [3.8, 4) is 0 Å². The van der Waals surface area contributed by atoms with Crippen molar-refractivity contribution >= 4 is 23.0 Å². The highest BCUT2D eigenvalue weighted by molar-refractivity contribution is 7.11. The van der Waals surface area contributed by atoms with Crippen LogP contribution < -0.4 is 5.32 Å². The summed E-state index contributed by atoms with van der Waals surface area (Å²) in [6.07, 6.45) is 1.85. The van der Waals surface area contributed by atoms with Crippen molar-refractivity contribution in [3.63, 3.8) is 0 Å². The molecule has 0 aliphatic rings. The Morgan fingerprint density at radius 1 is 1.42 bits per heavy atom. The summed E-state index contributed by atoms with van der Waals surface area (Å²) in [5.74, 6) is -0.327. The van der Waals surface area contributed by atoms with Gasteiger partial charge in [0.05, 0.1) is 24.2 Å². The molecule has 100 valence electrons. The number of carbonyl (C=O) groups is 1. The number of ether oxygens (including phenoxy) is 1. The number of thiazole rings is 1. The Kier molecular flexibility index (Phi) is 4.16. The fourth-order valence-corrected chi connectivity index (χ4v) is 2.50. The number of nitrogens with one attached hydrogen (secondary N) is 1. The van der Waals surface area contributed by atoms with Gasteiger partial charge in [-0.05, 0) is 26.0 Å². The molecule has 19 heavy (non-hydrogen) atoms. The maximum atomic E-state index is 11.7. The molecule has 2 aromatic rings. The molecule has 0 saturated heterocycles. The van der Waals surface area contributed by atoms with Gasteiger partial charge in [0.15, 0.2) is 0 Å². The van der Waals surface area contributed by atoms with Gasteiger partial charge in [0.2, 0.25) is 0 Å². The van der Waals surface area contributed by atoms with E-state index in [0.717, 1.165) is 21.1 Å². The molecule has 0 bridgehead atoms. The van der Waals surface area contributed by atoms with Gasteiger partial charge in [-0.3, -0.25) is 0 Å². The molecule has 1 aromatic heterocycles. The minimum atomic E-state index is -0.327. The van der Waals surface area contributed by atoms with Gasteiger partial charge < -0.3 is 10.1 Å². The van der Waals surface area contributed by atoms with Gasteiger partial charge in [-0.25, -0.2) is 9.78 Å². The topological polar surface area (TPSA) is 51.2 Å². The predicted molar refractivity (Wildman–Crippen MR) is 76.7 cm³/mol. The number of anilines is 1. The van der Waals surface area contributed by atoms with E-state index in [-0.39, 0.29) is 5.97 Å². The molecule has 1 heterocycles. The summed E-state index contributed by atoms with van der Waals surface area (Å²) in [6, 6.07) is 5.69. The summed E-state index contributed by atoms with van der Waals surface area (Å²) in [5, 5.41) is 4.29. The van der Waals surface area contributed by atoms with Crippen molar-refractivity contribution in [2.45, 2.75) is 20.4 Å². The van der Waals surface area contributed by atoms with Crippen molar-refractivity contribution in [3.05, 3.63) is 45.4 Å². The van der Waals surface area contributed by atoms with Crippen LogP contribution in [0.1, 0.15) is 25.8 Å². The first-order valence-corrected chi connectivity index (χ1v) is 6.76. The second kappa shape index (κ2) is 5.84. The first kappa shape index (κ1) is 13.5. The van der Waals surface area contributed by atoms with E-state index in [9.17, 15) is 4.79 Å². The van der Waals surface area contributed by atoms with E-state index in [4.69, 9.17) is 4.74 Å². The number of benzene rings is 1. The molecule has 1 N–H and O–H groups in total. The highest BCUT2D eigenvalue weighted by Crippen LogP contribution is 2.20. The summed E-state index contributed by atoms with van der Waals surface area (Å²) >= 11 is 1.64. The molecular weight excluding hydrogens is 260 g/mol. The van der Waals surface area contributed by atoms with Gasteiger partial charge in [0.25, 0.3) is 0 Å². The Morgan fingerprint density at radius 3 is 2.84 bits per heavy atom. The zero-order valence-corrected chi connectivity index (χ0v) is 12.0. The summed E-state index contributed by atoms with van der Waals surface area (Å²) in [4.78, 5) is 17.1. The summed E-state index contributed by atoms with van der Waals surface area (Å²) in [5.41, 5.74) is 2.37. The molecule has 4 nitrogen and oxygen atoms in total. The number of nitrogens with zero attached hydrogens (tertiary/aromatic N) is 1. The van der Waals surface area contributed by atoms with Crippen LogP contribution in [0.25, 0.3) is 0 Å². The smallest absolute Gasteiger partial charge is 0.339 e. The van der Waals surface area contributed by atoms with Crippen LogP contribution in [-0.4, -0.2) is 18.1 Å². The SMILES string of the molecule is COC(=O)c1cc(C)ccc1NCc1cnc(C)s1. The molecule has 0 unspecified atom stereocenters. The van der Waals surface area contributed by atoms with Crippen LogP contribution in [0.2, 0.25) is 0 Å². The van der Waals surface area contributed by atoms with Gasteiger partial charge in [-0.15, -0.1) is 11.3 Å². The molecule has 2 rings (SSSR count). The Morgan fingerprint density at radius 2 is 2.21 bits per heavy atom. The molecule has 0 saturated carbocycles. The van der Waals surface area contributed by atoms with Crippen molar-refractivity contribution in [2.75, 3.05) is 12.4 Å². The minimum absolute atomic E-state index is 0.327. The number of esters is 1. The van der Waals surface area contributed by atoms with Crippen molar-refractivity contribution in [1.82, 2.24) is 4.98 Å². The lowest BCUT2D eigenvalue weighted by atomic mass is 10.1. The molecule has 0 amide bonds. The number of methoxy groups -OCH3 is 1. The Hall–Kier alpha value is -1.88. The van der Waals surface area contributed by atoms with Gasteiger partial charge in [-0.2, -0.15) is 0 Å². The zero-order chi connectivity index (χ0) is 13.8. The predicted octanol–water partition coefficient (Wildman–Crippen LogP) is 3.16. The fraction of sp³-hybridized carbons (Fsp3) is 0.286. The molecule has 0 aliphatic carbocycles. The van der Waals surface area contributed by atoms with E-state index >= 15 is 0 Å². The first-order chi connectivity index (χ1) is 9.10. The Labute approximate surface area is 116 Å². The second-order valence-corrected chi connectivity index (χ2v) is 5.56. The lowest BCUT2D eigenvalue weighted by molar-refractivity contribution is 0.0601. The minimum Gasteiger partial charge on any atom is -0.465 e. The lowest BCUT2D eigenvalue weighted by Gasteiger charge is -2.10. The number of rotatable bonds is 4. The standard InChI is InChI=1S/C14H16N2O2S/c1-9-4-5-13(12(6-9)14(17)18-3)16-8-11-7-15-10(2)19-11/h4-7,16H,8H2,1-3H3. The molecule has 0 radical (unpaired) electrons. The Bertz CT molecular complexity index is 593. The summed E-state index contributed by atoms with van der Waals surface area (Å²) < 4.78 is 4.80. The summed E-state index contributed by atoms with van der Waals surface area (Å²) in [6.45, 7) is 4.57. The third-order valence-corrected chi connectivity index (χ3v) is 3.62. The van der Waals surface area contributed by atoms with Crippen LogP contribution in [0, 0.1) is 13.8 Å². The van der Waals surface area contributed by atoms with Crippen LogP contribution >= 0.6 is 11.3 Å². The molecule has 1 aromatic carbocycles. The third kappa shape index (κ3) is 3.32. The van der Waals surface area contributed by atoms with Gasteiger partial charge in [0.1, 0.15) is 0 Å². The number of hydrogen-bond donors (Lipinski definition) is 1. The van der Waals surface area contributed by atoms with Gasteiger partial charge in [0, 0.05) is 16.8 Å². The third-order valence-electron chi connectivity index (χ3n) is 2.70. The van der Waals surface area contributed by atoms with Gasteiger partial charge >= 0.3 is 5.97 Å². The number of carbonyl (C=O) groups excluding carboxylic acids is 1. The van der Waals surface area contributed by atoms with E-state index in [2.05, 4.69) is 10.3 Å².